The molecule has 2 rings (SSSR count). The van der Waals surface area contributed by atoms with Gasteiger partial charge in [-0.15, -0.1) is 0 Å². The molecular weight excluding hydrogens is 254 g/mol. The second-order valence-electron chi connectivity index (χ2n) is 4.49. The van der Waals surface area contributed by atoms with Gasteiger partial charge >= 0.3 is 0 Å². The molecule has 0 heterocycles. The summed E-state index contributed by atoms with van der Waals surface area (Å²) in [6.07, 6.45) is 0. The highest BCUT2D eigenvalue weighted by Gasteiger charge is 2.06. The Balaban J connectivity index is 2.19. The molecule has 0 amide bonds. The Morgan fingerprint density at radius 1 is 1.15 bits per heavy atom. The van der Waals surface area contributed by atoms with Gasteiger partial charge in [0, 0.05) is 24.4 Å². The molecule has 0 unspecified atom stereocenters. The standard InChI is InChI=1S/C16H17NO3/c1-11(18)15-7-6-14(9-16(15)17)20-13-5-3-4-12(8-13)10-19-2/h3-9H,10,17H2,1-2H3. The number of hydrogen-bond donors (Lipinski definition) is 1. The van der Waals surface area contributed by atoms with E-state index in [9.17, 15) is 4.79 Å². The van der Waals surface area contributed by atoms with E-state index in [1.54, 1.807) is 25.3 Å². The number of anilines is 1. The van der Waals surface area contributed by atoms with Crippen LogP contribution >= 0.6 is 0 Å². The average Bonchev–Trinajstić information content (AvgIpc) is 2.39. The van der Waals surface area contributed by atoms with Gasteiger partial charge in [0.05, 0.1) is 6.61 Å². The van der Waals surface area contributed by atoms with Crippen molar-refractivity contribution in [2.45, 2.75) is 13.5 Å². The number of Topliss-reactive ketones (excluding diaryl/α,β-unsaturated/α-hetero) is 1. The number of carbonyl (C=O) groups excluding carboxylic acids is 1. The lowest BCUT2D eigenvalue weighted by molar-refractivity contribution is 0.101. The van der Waals surface area contributed by atoms with E-state index in [0.29, 0.717) is 29.4 Å². The van der Waals surface area contributed by atoms with Crippen LogP contribution in [-0.4, -0.2) is 12.9 Å². The van der Waals surface area contributed by atoms with Gasteiger partial charge in [-0.1, -0.05) is 12.1 Å². The molecule has 0 aliphatic rings. The fourth-order valence-corrected chi connectivity index (χ4v) is 1.93. The van der Waals surface area contributed by atoms with Crippen LogP contribution in [0.3, 0.4) is 0 Å². The van der Waals surface area contributed by atoms with Crippen LogP contribution < -0.4 is 10.5 Å². The molecule has 2 aromatic rings. The smallest absolute Gasteiger partial charge is 0.161 e. The Hall–Kier alpha value is -2.33. The molecule has 2 N–H and O–H groups in total. The number of carbonyl (C=O) groups is 1. The molecule has 0 aliphatic carbocycles. The van der Waals surface area contributed by atoms with Crippen LogP contribution in [0.4, 0.5) is 5.69 Å². The summed E-state index contributed by atoms with van der Waals surface area (Å²) in [5, 5.41) is 0. The number of rotatable bonds is 5. The summed E-state index contributed by atoms with van der Waals surface area (Å²) in [4.78, 5) is 11.3. The van der Waals surface area contributed by atoms with Gasteiger partial charge in [-0.2, -0.15) is 0 Å². The van der Waals surface area contributed by atoms with E-state index in [1.807, 2.05) is 24.3 Å². The molecule has 0 bridgehead atoms. The summed E-state index contributed by atoms with van der Waals surface area (Å²) >= 11 is 0. The van der Waals surface area contributed by atoms with Crippen LogP contribution in [0.15, 0.2) is 42.5 Å². The van der Waals surface area contributed by atoms with Crippen molar-refractivity contribution in [2.24, 2.45) is 0 Å². The van der Waals surface area contributed by atoms with Crippen molar-refractivity contribution < 1.29 is 14.3 Å². The maximum absolute atomic E-state index is 11.3. The minimum atomic E-state index is -0.0591. The lowest BCUT2D eigenvalue weighted by Gasteiger charge is -2.09. The number of benzene rings is 2. The fraction of sp³-hybridized carbons (Fsp3) is 0.188. The molecule has 20 heavy (non-hydrogen) atoms. The largest absolute Gasteiger partial charge is 0.457 e. The fourth-order valence-electron chi connectivity index (χ4n) is 1.93. The molecule has 0 aliphatic heterocycles. The van der Waals surface area contributed by atoms with Gasteiger partial charge in [0.2, 0.25) is 0 Å². The van der Waals surface area contributed by atoms with Gasteiger partial charge in [0.25, 0.3) is 0 Å². The van der Waals surface area contributed by atoms with E-state index >= 15 is 0 Å². The summed E-state index contributed by atoms with van der Waals surface area (Å²) in [5.41, 5.74) is 7.78. The lowest BCUT2D eigenvalue weighted by Crippen LogP contribution is -1.99. The van der Waals surface area contributed by atoms with Crippen LogP contribution in [0, 0.1) is 0 Å². The number of nitrogens with two attached hydrogens (primary N) is 1. The van der Waals surface area contributed by atoms with Crippen LogP contribution in [0.2, 0.25) is 0 Å². The molecule has 104 valence electrons. The van der Waals surface area contributed by atoms with Crippen LogP contribution in [0.25, 0.3) is 0 Å². The van der Waals surface area contributed by atoms with Crippen LogP contribution in [-0.2, 0) is 11.3 Å². The number of ketones is 1. The molecule has 4 nitrogen and oxygen atoms in total. The first-order valence-electron chi connectivity index (χ1n) is 6.26. The molecule has 0 saturated heterocycles. The number of nitrogen functional groups attached to an aromatic ring is 1. The molecule has 0 aromatic heterocycles. The lowest BCUT2D eigenvalue weighted by atomic mass is 10.1. The molecule has 0 radical (unpaired) electrons. The SMILES string of the molecule is COCc1cccc(Oc2ccc(C(C)=O)c(N)c2)c1. The minimum Gasteiger partial charge on any atom is -0.457 e. The zero-order chi connectivity index (χ0) is 14.5. The first-order valence-corrected chi connectivity index (χ1v) is 6.26. The van der Waals surface area contributed by atoms with Crippen molar-refractivity contribution >= 4 is 11.5 Å². The third kappa shape index (κ3) is 3.36. The normalized spacial score (nSPS) is 10.3. The maximum atomic E-state index is 11.3. The van der Waals surface area contributed by atoms with Crippen LogP contribution in [0.1, 0.15) is 22.8 Å². The Kier molecular flexibility index (Phi) is 4.38. The molecule has 0 fully saturated rings. The van der Waals surface area contributed by atoms with Crippen molar-refractivity contribution in [1.29, 1.82) is 0 Å². The summed E-state index contributed by atoms with van der Waals surface area (Å²) in [5.74, 6) is 1.24. The third-order valence-electron chi connectivity index (χ3n) is 2.85. The van der Waals surface area contributed by atoms with E-state index < -0.39 is 0 Å². The minimum absolute atomic E-state index is 0.0591. The summed E-state index contributed by atoms with van der Waals surface area (Å²) in [6, 6.07) is 12.7. The molecule has 2 aromatic carbocycles. The van der Waals surface area contributed by atoms with E-state index in [-0.39, 0.29) is 5.78 Å². The first-order chi connectivity index (χ1) is 9.60. The van der Waals surface area contributed by atoms with Gasteiger partial charge in [-0.25, -0.2) is 0 Å². The summed E-state index contributed by atoms with van der Waals surface area (Å²) < 4.78 is 10.8. The molecule has 4 heteroatoms. The highest BCUT2D eigenvalue weighted by atomic mass is 16.5. The monoisotopic (exact) mass is 271 g/mol. The number of hydrogen-bond acceptors (Lipinski definition) is 4. The maximum Gasteiger partial charge on any atom is 0.161 e. The van der Waals surface area contributed by atoms with Gasteiger partial charge in [-0.05, 0) is 36.8 Å². The summed E-state index contributed by atoms with van der Waals surface area (Å²) in [7, 11) is 1.65. The Bertz CT molecular complexity index is 623. The van der Waals surface area contributed by atoms with Gasteiger partial charge in [0.15, 0.2) is 5.78 Å². The second-order valence-corrected chi connectivity index (χ2v) is 4.49. The average molecular weight is 271 g/mol. The summed E-state index contributed by atoms with van der Waals surface area (Å²) in [6.45, 7) is 2.02. The molecule has 0 saturated carbocycles. The van der Waals surface area contributed by atoms with Crippen molar-refractivity contribution in [1.82, 2.24) is 0 Å². The predicted octanol–water partition coefficient (Wildman–Crippen LogP) is 3.41. The first kappa shape index (κ1) is 14.1. The number of methoxy groups -OCH3 is 1. The van der Waals surface area contributed by atoms with E-state index in [4.69, 9.17) is 15.2 Å². The Morgan fingerprint density at radius 2 is 1.90 bits per heavy atom. The highest BCUT2D eigenvalue weighted by molar-refractivity contribution is 5.99. The van der Waals surface area contributed by atoms with E-state index in [2.05, 4.69) is 0 Å². The van der Waals surface area contributed by atoms with E-state index in [0.717, 1.165) is 5.56 Å². The quantitative estimate of drug-likeness (QED) is 0.668. The van der Waals surface area contributed by atoms with Crippen molar-refractivity contribution in [2.75, 3.05) is 12.8 Å². The van der Waals surface area contributed by atoms with Crippen molar-refractivity contribution in [3.05, 3.63) is 53.6 Å². The molecular formula is C16H17NO3. The molecule has 0 atom stereocenters. The number of ether oxygens (including phenoxy) is 2. The Labute approximate surface area is 118 Å². The van der Waals surface area contributed by atoms with Gasteiger partial charge in [0.1, 0.15) is 11.5 Å². The van der Waals surface area contributed by atoms with Gasteiger partial charge in [-0.3, -0.25) is 4.79 Å². The zero-order valence-corrected chi connectivity index (χ0v) is 11.6. The van der Waals surface area contributed by atoms with Gasteiger partial charge < -0.3 is 15.2 Å². The Morgan fingerprint density at radius 3 is 2.55 bits per heavy atom. The van der Waals surface area contributed by atoms with E-state index in [1.165, 1.54) is 6.92 Å². The molecule has 0 spiro atoms. The van der Waals surface area contributed by atoms with Crippen molar-refractivity contribution in [3.8, 4) is 11.5 Å². The predicted molar refractivity (Wildman–Crippen MR) is 78.1 cm³/mol. The zero-order valence-electron chi connectivity index (χ0n) is 11.6. The second kappa shape index (κ2) is 6.21. The highest BCUT2D eigenvalue weighted by Crippen LogP contribution is 2.26. The third-order valence-corrected chi connectivity index (χ3v) is 2.85. The topological polar surface area (TPSA) is 61.5 Å². The van der Waals surface area contributed by atoms with Crippen molar-refractivity contribution in [3.63, 3.8) is 0 Å². The van der Waals surface area contributed by atoms with Crippen LogP contribution in [0.5, 0.6) is 11.5 Å².